The summed E-state index contributed by atoms with van der Waals surface area (Å²) in [5.41, 5.74) is 3.83. The average molecular weight is 409 g/mol. The van der Waals surface area contributed by atoms with Crippen LogP contribution in [0.5, 0.6) is 0 Å². The van der Waals surface area contributed by atoms with Crippen LogP contribution in [-0.4, -0.2) is 21.3 Å². The Labute approximate surface area is 175 Å². The lowest BCUT2D eigenvalue weighted by Gasteiger charge is -2.28. The molecule has 150 valence electrons. The molecular weight excluding hydrogens is 384 g/mol. The van der Waals surface area contributed by atoms with E-state index in [1.54, 1.807) is 6.07 Å². The molecule has 2 heterocycles. The lowest BCUT2D eigenvalue weighted by atomic mass is 9.78. The van der Waals surface area contributed by atoms with E-state index < -0.39 is 0 Å². The lowest BCUT2D eigenvalue weighted by molar-refractivity contribution is 0.182. The maximum absolute atomic E-state index is 12.7. The molecular formula is C24H25ClN2O2. The topological polar surface area (TPSA) is 55.1 Å². The number of hydrogen-bond donors (Lipinski definition) is 1. The van der Waals surface area contributed by atoms with Gasteiger partial charge in [-0.1, -0.05) is 29.8 Å². The summed E-state index contributed by atoms with van der Waals surface area (Å²) in [7, 11) is 0. The summed E-state index contributed by atoms with van der Waals surface area (Å²) in [5.74, 6) is 1.73. The third-order valence-electron chi connectivity index (χ3n) is 6.94. The van der Waals surface area contributed by atoms with E-state index in [0.29, 0.717) is 28.9 Å². The predicted octanol–water partition coefficient (Wildman–Crippen LogP) is 4.94. The summed E-state index contributed by atoms with van der Waals surface area (Å²) in [5, 5.41) is 10.4. The maximum Gasteiger partial charge on any atom is 0.282 e. The molecule has 4 nitrogen and oxygen atoms in total. The average Bonchev–Trinajstić information content (AvgIpc) is 2.95. The molecule has 2 aliphatic rings. The zero-order valence-electron chi connectivity index (χ0n) is 16.8. The van der Waals surface area contributed by atoms with Crippen LogP contribution in [-0.2, 0) is 5.41 Å². The number of aliphatic hydroxyl groups excluding tert-OH is 1. The lowest BCUT2D eigenvalue weighted by Crippen LogP contribution is -2.24. The molecule has 0 unspecified atom stereocenters. The largest absolute Gasteiger partial charge is 0.396 e. The molecule has 0 amide bonds. The van der Waals surface area contributed by atoms with Crippen LogP contribution in [0.2, 0.25) is 5.02 Å². The molecule has 2 aromatic carbocycles. The van der Waals surface area contributed by atoms with Crippen molar-refractivity contribution < 1.29 is 5.11 Å². The van der Waals surface area contributed by atoms with Gasteiger partial charge in [0.05, 0.1) is 27.0 Å². The molecule has 1 N–H and O–H groups in total. The Morgan fingerprint density at radius 2 is 1.93 bits per heavy atom. The first-order valence-corrected chi connectivity index (χ1v) is 10.8. The van der Waals surface area contributed by atoms with Gasteiger partial charge in [0.1, 0.15) is 5.82 Å². The van der Waals surface area contributed by atoms with E-state index in [4.69, 9.17) is 11.6 Å². The number of rotatable bonds is 2. The molecule has 0 saturated heterocycles. The number of halogens is 1. The van der Waals surface area contributed by atoms with Crippen molar-refractivity contribution in [3.8, 4) is 5.69 Å². The van der Waals surface area contributed by atoms with Crippen LogP contribution in [0.3, 0.4) is 0 Å². The van der Waals surface area contributed by atoms with E-state index in [1.165, 1.54) is 11.1 Å². The highest BCUT2D eigenvalue weighted by atomic mass is 35.5. The van der Waals surface area contributed by atoms with Gasteiger partial charge < -0.3 is 5.11 Å². The first-order valence-electron chi connectivity index (χ1n) is 10.4. The van der Waals surface area contributed by atoms with Crippen LogP contribution < -0.4 is 5.56 Å². The molecule has 3 aromatic rings. The maximum atomic E-state index is 12.7. The summed E-state index contributed by atoms with van der Waals surface area (Å²) in [4.78, 5) is 17.2. The minimum Gasteiger partial charge on any atom is -0.396 e. The second-order valence-corrected chi connectivity index (χ2v) is 9.42. The minimum absolute atomic E-state index is 0.264. The van der Waals surface area contributed by atoms with Crippen LogP contribution in [0.4, 0.5) is 0 Å². The van der Waals surface area contributed by atoms with Gasteiger partial charge in [-0.15, -0.1) is 0 Å². The fraction of sp³-hybridized carbons (Fsp3) is 0.417. The predicted molar refractivity (Wildman–Crippen MR) is 116 cm³/mol. The molecule has 1 aliphatic heterocycles. The van der Waals surface area contributed by atoms with E-state index in [9.17, 15) is 9.90 Å². The molecule has 0 atom stereocenters. The molecule has 29 heavy (non-hydrogen) atoms. The molecule has 5 rings (SSSR count). The van der Waals surface area contributed by atoms with Gasteiger partial charge in [0.25, 0.3) is 5.56 Å². The van der Waals surface area contributed by atoms with Gasteiger partial charge in [0.2, 0.25) is 0 Å². The van der Waals surface area contributed by atoms with E-state index in [-0.39, 0.29) is 11.0 Å². The summed E-state index contributed by atoms with van der Waals surface area (Å²) in [6, 6.07) is 12.3. The van der Waals surface area contributed by atoms with Gasteiger partial charge >= 0.3 is 0 Å². The Balaban J connectivity index is 1.70. The van der Waals surface area contributed by atoms with Crippen molar-refractivity contribution in [1.82, 2.24) is 9.55 Å². The van der Waals surface area contributed by atoms with Crippen LogP contribution in [0, 0.1) is 5.92 Å². The van der Waals surface area contributed by atoms with Crippen molar-refractivity contribution in [3.05, 3.63) is 68.7 Å². The van der Waals surface area contributed by atoms with E-state index in [0.717, 1.165) is 42.7 Å². The van der Waals surface area contributed by atoms with Gasteiger partial charge in [-0.2, -0.15) is 4.98 Å². The first-order chi connectivity index (χ1) is 13.9. The summed E-state index contributed by atoms with van der Waals surface area (Å²) in [6.07, 6.45) is 4.37. The van der Waals surface area contributed by atoms with Gasteiger partial charge in [-0.05, 0) is 80.7 Å². The smallest absolute Gasteiger partial charge is 0.282 e. The van der Waals surface area contributed by atoms with Crippen LogP contribution in [0.15, 0.2) is 41.2 Å². The standard InChI is InChI=1S/C24H25ClN2O2/c1-24(2)17-11-10-16(15-8-6-14(13-28)7-9-15)12-20(17)27-19-5-3-4-18(25)21(19)22(29)26-23(24)27/h3-5,10-12,14-15,28H,6-9,13H2,1-2H3. The summed E-state index contributed by atoms with van der Waals surface area (Å²) >= 11 is 6.37. The Hall–Kier alpha value is -2.17. The number of aliphatic hydroxyl groups is 1. The number of nitrogens with zero attached hydrogens (tertiary/aromatic N) is 2. The fourth-order valence-electron chi connectivity index (χ4n) is 5.21. The minimum atomic E-state index is -0.349. The Morgan fingerprint density at radius 3 is 2.66 bits per heavy atom. The molecule has 5 heteroatoms. The summed E-state index contributed by atoms with van der Waals surface area (Å²) < 4.78 is 2.13. The number of benzene rings is 2. The molecule has 0 bridgehead atoms. The summed E-state index contributed by atoms with van der Waals surface area (Å²) in [6.45, 7) is 4.55. The van der Waals surface area contributed by atoms with Gasteiger partial charge in [0.15, 0.2) is 0 Å². The normalized spacial score (nSPS) is 22.5. The van der Waals surface area contributed by atoms with Gasteiger partial charge in [-0.25, -0.2) is 0 Å². The van der Waals surface area contributed by atoms with Crippen molar-refractivity contribution in [2.24, 2.45) is 5.92 Å². The molecule has 0 radical (unpaired) electrons. The van der Waals surface area contributed by atoms with Crippen LogP contribution in [0.1, 0.15) is 62.4 Å². The van der Waals surface area contributed by atoms with Crippen molar-refractivity contribution in [1.29, 1.82) is 0 Å². The molecule has 0 spiro atoms. The Kier molecular flexibility index (Phi) is 4.34. The molecule has 1 aromatic heterocycles. The van der Waals surface area contributed by atoms with Gasteiger partial charge in [0, 0.05) is 6.61 Å². The van der Waals surface area contributed by atoms with Crippen LogP contribution in [0.25, 0.3) is 16.6 Å². The second-order valence-electron chi connectivity index (χ2n) is 9.01. The third kappa shape index (κ3) is 2.77. The third-order valence-corrected chi connectivity index (χ3v) is 7.25. The Morgan fingerprint density at radius 1 is 1.17 bits per heavy atom. The van der Waals surface area contributed by atoms with Crippen molar-refractivity contribution in [3.63, 3.8) is 0 Å². The SMILES string of the molecule is CC1(C)c2ccc(C3CCC(CO)CC3)cc2-n2c1nc(=O)c1c(Cl)cccc12. The van der Waals surface area contributed by atoms with Crippen LogP contribution >= 0.6 is 11.6 Å². The monoisotopic (exact) mass is 408 g/mol. The molecule has 1 saturated carbocycles. The highest BCUT2D eigenvalue weighted by Gasteiger charge is 2.39. The number of fused-ring (bicyclic) bond motifs is 5. The zero-order chi connectivity index (χ0) is 20.3. The fourth-order valence-corrected chi connectivity index (χ4v) is 5.46. The van der Waals surface area contributed by atoms with E-state index in [2.05, 4.69) is 41.6 Å². The van der Waals surface area contributed by atoms with Gasteiger partial charge in [-0.3, -0.25) is 9.36 Å². The molecule has 1 aliphatic carbocycles. The Bertz CT molecular complexity index is 1170. The number of aromatic nitrogens is 2. The van der Waals surface area contributed by atoms with Crippen molar-refractivity contribution >= 4 is 22.5 Å². The van der Waals surface area contributed by atoms with E-state index >= 15 is 0 Å². The second kappa shape index (κ2) is 6.68. The molecule has 1 fully saturated rings. The highest BCUT2D eigenvalue weighted by Crippen LogP contribution is 2.45. The quantitative estimate of drug-likeness (QED) is 0.653. The van der Waals surface area contributed by atoms with E-state index in [1.807, 2.05) is 12.1 Å². The zero-order valence-corrected chi connectivity index (χ0v) is 17.5. The number of hydrogen-bond acceptors (Lipinski definition) is 3. The van der Waals surface area contributed by atoms with Crippen molar-refractivity contribution in [2.45, 2.75) is 50.9 Å². The van der Waals surface area contributed by atoms with Crippen molar-refractivity contribution in [2.75, 3.05) is 6.61 Å². The highest BCUT2D eigenvalue weighted by molar-refractivity contribution is 6.35. The first kappa shape index (κ1) is 18.8.